The summed E-state index contributed by atoms with van der Waals surface area (Å²) in [6, 6.07) is 0. The smallest absolute Gasteiger partial charge is 0.509 e. The molecule has 13 heavy (non-hydrogen) atoms. The van der Waals surface area contributed by atoms with Crippen LogP contribution in [0.1, 0.15) is 27.7 Å². The van der Waals surface area contributed by atoms with Gasteiger partial charge in [0.2, 0.25) is 0 Å². The van der Waals surface area contributed by atoms with Gasteiger partial charge in [-0.15, -0.1) is 0 Å². The predicted octanol–water partition coefficient (Wildman–Crippen LogP) is 2.45. The first-order valence-electron chi connectivity index (χ1n) is 4.02. The Morgan fingerprint density at radius 3 is 2.00 bits per heavy atom. The van der Waals surface area contributed by atoms with E-state index in [0.717, 1.165) is 0 Å². The second kappa shape index (κ2) is 4.99. The maximum atomic E-state index is 11.8. The van der Waals surface area contributed by atoms with E-state index in [1.165, 1.54) is 13.8 Å². The van der Waals surface area contributed by atoms with Crippen molar-refractivity contribution in [3.63, 3.8) is 0 Å². The number of carbonyl (C=O) groups is 1. The van der Waals surface area contributed by atoms with Gasteiger partial charge in [0, 0.05) is 5.57 Å². The van der Waals surface area contributed by atoms with Gasteiger partial charge in [0.15, 0.2) is 5.78 Å². The van der Waals surface area contributed by atoms with Gasteiger partial charge < -0.3 is 4.65 Å². The average molecular weight is 190 g/mol. The predicted molar refractivity (Wildman–Crippen MR) is 47.3 cm³/mol. The van der Waals surface area contributed by atoms with E-state index in [-0.39, 0.29) is 17.5 Å². The monoisotopic (exact) mass is 190 g/mol. The number of halogens is 2. The highest BCUT2D eigenvalue weighted by atomic mass is 19.2. The number of allylic oxidation sites excluding steroid dienone is 2. The number of ketones is 1. The van der Waals surface area contributed by atoms with E-state index in [1.807, 2.05) is 0 Å². The molecule has 0 saturated carbocycles. The zero-order valence-corrected chi connectivity index (χ0v) is 8.23. The Kier molecular flexibility index (Phi) is 4.66. The molecular formula is C8H13BF2O2. The topological polar surface area (TPSA) is 26.3 Å². The van der Waals surface area contributed by atoms with E-state index in [9.17, 15) is 13.4 Å². The molecule has 0 aliphatic heterocycles. The molecule has 0 radical (unpaired) electrons. The Morgan fingerprint density at radius 1 is 1.31 bits per heavy atom. The molecule has 0 aromatic heterocycles. The number of rotatable bonds is 4. The van der Waals surface area contributed by atoms with Gasteiger partial charge in [-0.3, -0.25) is 4.79 Å². The third-order valence-corrected chi connectivity index (χ3v) is 1.60. The van der Waals surface area contributed by atoms with Crippen LogP contribution in [0.4, 0.5) is 8.63 Å². The summed E-state index contributed by atoms with van der Waals surface area (Å²) in [7, 11) is -2.87. The van der Waals surface area contributed by atoms with Gasteiger partial charge in [0.05, 0.1) is 5.76 Å². The second-order valence-electron chi connectivity index (χ2n) is 3.06. The van der Waals surface area contributed by atoms with Crippen molar-refractivity contribution in [1.82, 2.24) is 0 Å². The largest absolute Gasteiger partial charge is 0.796 e. The standard InChI is InChI=1S/C8H13BF2O2/c1-5(2)8(6(3)12)7(4)13-9(10)11/h5H,1-4H3/b8-7-. The second-order valence-corrected chi connectivity index (χ2v) is 3.06. The first-order valence-corrected chi connectivity index (χ1v) is 4.02. The molecule has 0 fully saturated rings. The molecule has 0 saturated heterocycles. The van der Waals surface area contributed by atoms with Gasteiger partial charge in [0.1, 0.15) is 0 Å². The zero-order valence-electron chi connectivity index (χ0n) is 8.23. The molecule has 0 unspecified atom stereocenters. The Bertz CT molecular complexity index is 224. The lowest BCUT2D eigenvalue weighted by Crippen LogP contribution is -2.12. The maximum absolute atomic E-state index is 11.8. The van der Waals surface area contributed by atoms with Crippen molar-refractivity contribution in [2.75, 3.05) is 0 Å². The summed E-state index contributed by atoms with van der Waals surface area (Å²) >= 11 is 0. The average Bonchev–Trinajstić information content (AvgIpc) is 1.81. The SMILES string of the molecule is CC(=O)/C(=C(/C)OB(F)F)C(C)C. The molecule has 5 heteroatoms. The van der Waals surface area contributed by atoms with Crippen molar-refractivity contribution in [3.05, 3.63) is 11.3 Å². The lowest BCUT2D eigenvalue weighted by Gasteiger charge is -2.12. The quantitative estimate of drug-likeness (QED) is 0.386. The van der Waals surface area contributed by atoms with Crippen LogP contribution in [0.3, 0.4) is 0 Å². The van der Waals surface area contributed by atoms with Crippen LogP contribution in [-0.4, -0.2) is 13.3 Å². The first kappa shape index (κ1) is 12.1. The molecule has 0 amide bonds. The maximum Gasteiger partial charge on any atom is 0.796 e. The van der Waals surface area contributed by atoms with Crippen LogP contribution in [0.5, 0.6) is 0 Å². The molecule has 0 aromatic carbocycles. The Balaban J connectivity index is 4.76. The number of carbonyl (C=O) groups excluding carboxylic acids is 1. The molecule has 0 heterocycles. The molecule has 0 rings (SSSR count). The third-order valence-electron chi connectivity index (χ3n) is 1.60. The van der Waals surface area contributed by atoms with E-state index >= 15 is 0 Å². The molecule has 0 aliphatic rings. The molecule has 0 aromatic rings. The lowest BCUT2D eigenvalue weighted by atomic mass is 9.98. The van der Waals surface area contributed by atoms with Crippen molar-refractivity contribution in [3.8, 4) is 0 Å². The summed E-state index contributed by atoms with van der Waals surface area (Å²) in [4.78, 5) is 11.0. The van der Waals surface area contributed by atoms with Gasteiger partial charge in [-0.2, -0.15) is 0 Å². The van der Waals surface area contributed by atoms with Gasteiger partial charge in [-0.25, -0.2) is 8.63 Å². The van der Waals surface area contributed by atoms with E-state index < -0.39 is 7.47 Å². The minimum atomic E-state index is -2.87. The summed E-state index contributed by atoms with van der Waals surface area (Å²) in [5.41, 5.74) is 0.320. The molecule has 0 bridgehead atoms. The van der Waals surface area contributed by atoms with Gasteiger partial charge in [-0.1, -0.05) is 13.8 Å². The number of hydrogen-bond donors (Lipinski definition) is 0. The molecule has 74 valence electrons. The molecule has 0 atom stereocenters. The van der Waals surface area contributed by atoms with Crippen LogP contribution >= 0.6 is 0 Å². The summed E-state index contributed by atoms with van der Waals surface area (Å²) in [6.07, 6.45) is 0. The number of hydrogen-bond acceptors (Lipinski definition) is 2. The van der Waals surface area contributed by atoms with E-state index in [2.05, 4.69) is 4.65 Å². The van der Waals surface area contributed by atoms with Gasteiger partial charge in [-0.05, 0) is 19.8 Å². The van der Waals surface area contributed by atoms with Crippen LogP contribution in [0.2, 0.25) is 0 Å². The lowest BCUT2D eigenvalue weighted by molar-refractivity contribution is -0.114. The summed E-state index contributed by atoms with van der Waals surface area (Å²) in [5.74, 6) is -0.318. The van der Waals surface area contributed by atoms with Crippen molar-refractivity contribution in [1.29, 1.82) is 0 Å². The van der Waals surface area contributed by atoms with Crippen LogP contribution < -0.4 is 0 Å². The summed E-state index contributed by atoms with van der Waals surface area (Å²) in [6.45, 7) is 6.24. The highest BCUT2D eigenvalue weighted by Gasteiger charge is 2.21. The molecular weight excluding hydrogens is 177 g/mol. The molecule has 0 aliphatic carbocycles. The van der Waals surface area contributed by atoms with Crippen LogP contribution in [0.15, 0.2) is 11.3 Å². The summed E-state index contributed by atoms with van der Waals surface area (Å²) in [5, 5.41) is 0. The van der Waals surface area contributed by atoms with Crippen molar-refractivity contribution >= 4 is 13.3 Å². The Labute approximate surface area is 77.2 Å². The highest BCUT2D eigenvalue weighted by Crippen LogP contribution is 2.17. The van der Waals surface area contributed by atoms with Crippen LogP contribution in [0.25, 0.3) is 0 Å². The third kappa shape index (κ3) is 4.06. The number of Topliss-reactive ketones (excluding diaryl/α,β-unsaturated/α-hetero) is 1. The zero-order chi connectivity index (χ0) is 10.6. The van der Waals surface area contributed by atoms with Crippen molar-refractivity contribution in [2.24, 2.45) is 5.92 Å². The highest BCUT2D eigenvalue weighted by molar-refractivity contribution is 6.34. The minimum absolute atomic E-state index is 0.0116. The fraction of sp³-hybridized carbons (Fsp3) is 0.625. The molecule has 2 nitrogen and oxygen atoms in total. The van der Waals surface area contributed by atoms with Crippen LogP contribution in [0, 0.1) is 5.92 Å². The van der Waals surface area contributed by atoms with E-state index in [1.54, 1.807) is 13.8 Å². The normalized spacial score (nSPS) is 12.5. The minimum Gasteiger partial charge on any atom is -0.509 e. The first-order chi connectivity index (χ1) is 5.86. The van der Waals surface area contributed by atoms with E-state index in [0.29, 0.717) is 5.57 Å². The van der Waals surface area contributed by atoms with Gasteiger partial charge in [0.25, 0.3) is 0 Å². The van der Waals surface area contributed by atoms with Crippen molar-refractivity contribution in [2.45, 2.75) is 27.7 Å². The Hall–Kier alpha value is -0.865. The van der Waals surface area contributed by atoms with Crippen molar-refractivity contribution < 1.29 is 18.1 Å². The molecule has 0 N–H and O–H groups in total. The molecule has 0 spiro atoms. The summed E-state index contributed by atoms with van der Waals surface area (Å²) < 4.78 is 27.8. The Morgan fingerprint density at radius 2 is 1.77 bits per heavy atom. The van der Waals surface area contributed by atoms with Crippen LogP contribution in [-0.2, 0) is 9.45 Å². The van der Waals surface area contributed by atoms with Gasteiger partial charge >= 0.3 is 7.47 Å². The van der Waals surface area contributed by atoms with E-state index in [4.69, 9.17) is 0 Å². The fourth-order valence-electron chi connectivity index (χ4n) is 1.26. The fourth-order valence-corrected chi connectivity index (χ4v) is 1.26.